The molecule has 0 aliphatic carbocycles. The average molecular weight is 478 g/mol. The van der Waals surface area contributed by atoms with Gasteiger partial charge >= 0.3 is 0 Å². The van der Waals surface area contributed by atoms with E-state index in [-0.39, 0.29) is 30.6 Å². The molecule has 0 aliphatic rings. The Bertz CT molecular complexity index is 693. The van der Waals surface area contributed by atoms with Crippen LogP contribution in [0.4, 0.5) is 4.39 Å². The Kier molecular flexibility index (Phi) is 9.91. The summed E-state index contributed by atoms with van der Waals surface area (Å²) >= 11 is 1.74. The van der Waals surface area contributed by atoms with Crippen molar-refractivity contribution in [2.75, 3.05) is 13.6 Å². The lowest BCUT2D eigenvalue weighted by atomic mass is 10.1. The summed E-state index contributed by atoms with van der Waals surface area (Å²) in [6, 6.07) is 4.71. The van der Waals surface area contributed by atoms with E-state index < -0.39 is 5.82 Å². The molecule has 25 heavy (non-hydrogen) atoms. The van der Waals surface area contributed by atoms with Gasteiger partial charge in [0.25, 0.3) is 0 Å². The van der Waals surface area contributed by atoms with E-state index in [9.17, 15) is 4.39 Å². The highest BCUT2D eigenvalue weighted by atomic mass is 127. The number of thiazole rings is 1. The van der Waals surface area contributed by atoms with Crippen LogP contribution in [0.15, 0.2) is 29.4 Å². The van der Waals surface area contributed by atoms with Gasteiger partial charge in [0, 0.05) is 43.2 Å². The lowest BCUT2D eigenvalue weighted by Gasteiger charge is -2.12. The Morgan fingerprint density at radius 1 is 1.36 bits per heavy atom. The van der Waals surface area contributed by atoms with Gasteiger partial charge in [-0.05, 0) is 24.1 Å². The van der Waals surface area contributed by atoms with Crippen LogP contribution >= 0.6 is 35.3 Å². The molecule has 138 valence electrons. The number of aromatic nitrogens is 1. The molecule has 3 N–H and O–H groups in total. The SMILES string of the molecule is CCc1cnc(CCNC(=NC)NCc2ccc(F)c(CO)c2)s1.I. The Hall–Kier alpha value is -1.26. The lowest BCUT2D eigenvalue weighted by molar-refractivity contribution is 0.275. The topological polar surface area (TPSA) is 69.5 Å². The summed E-state index contributed by atoms with van der Waals surface area (Å²) in [5, 5.41) is 16.6. The summed E-state index contributed by atoms with van der Waals surface area (Å²) < 4.78 is 13.4. The summed E-state index contributed by atoms with van der Waals surface area (Å²) in [6.07, 6.45) is 3.79. The van der Waals surface area contributed by atoms with Gasteiger partial charge in [0.05, 0.1) is 11.6 Å². The highest BCUT2D eigenvalue weighted by Gasteiger charge is 2.05. The van der Waals surface area contributed by atoms with E-state index in [0.717, 1.165) is 30.0 Å². The average Bonchev–Trinajstić information content (AvgIpc) is 3.07. The minimum atomic E-state index is -0.390. The predicted molar refractivity (Wildman–Crippen MR) is 111 cm³/mol. The monoisotopic (exact) mass is 478 g/mol. The molecular weight excluding hydrogens is 454 g/mol. The number of aliphatic hydroxyl groups excluding tert-OH is 1. The zero-order valence-corrected chi connectivity index (χ0v) is 17.5. The highest BCUT2D eigenvalue weighted by Crippen LogP contribution is 2.13. The number of halogens is 2. The Labute approximate surface area is 168 Å². The molecule has 2 aromatic rings. The number of guanidine groups is 1. The van der Waals surface area contributed by atoms with Crippen LogP contribution in [0.25, 0.3) is 0 Å². The van der Waals surface area contributed by atoms with Crippen LogP contribution in [0, 0.1) is 5.82 Å². The molecule has 1 aromatic heterocycles. The van der Waals surface area contributed by atoms with Crippen molar-refractivity contribution in [2.45, 2.75) is 32.9 Å². The van der Waals surface area contributed by atoms with Crippen molar-refractivity contribution in [2.24, 2.45) is 4.99 Å². The van der Waals surface area contributed by atoms with Gasteiger partial charge in [-0.25, -0.2) is 9.37 Å². The molecule has 0 spiro atoms. The summed E-state index contributed by atoms with van der Waals surface area (Å²) in [6.45, 7) is 3.06. The van der Waals surface area contributed by atoms with Gasteiger partial charge in [-0.1, -0.05) is 13.0 Å². The van der Waals surface area contributed by atoms with Crippen molar-refractivity contribution in [3.05, 3.63) is 51.2 Å². The number of aliphatic imine (C=N–C) groups is 1. The molecule has 0 atom stereocenters. The van der Waals surface area contributed by atoms with Crippen molar-refractivity contribution >= 4 is 41.3 Å². The number of hydrogen-bond donors (Lipinski definition) is 3. The standard InChI is InChI=1S/C17H23FN4OS.HI/c1-3-14-10-21-16(24-14)6-7-20-17(19-2)22-9-12-4-5-15(18)13(8-12)11-23;/h4-5,8,10,23H,3,6-7,9,11H2,1-2H3,(H2,19,20,22);1H. The first-order valence-electron chi connectivity index (χ1n) is 7.92. The summed E-state index contributed by atoms with van der Waals surface area (Å²) in [7, 11) is 1.71. The fraction of sp³-hybridized carbons (Fsp3) is 0.412. The Balaban J connectivity index is 0.00000312. The second kappa shape index (κ2) is 11.4. The number of aryl methyl sites for hydroxylation is 1. The van der Waals surface area contributed by atoms with Gasteiger partial charge in [0.15, 0.2) is 5.96 Å². The third kappa shape index (κ3) is 6.87. The van der Waals surface area contributed by atoms with Crippen LogP contribution in [0.2, 0.25) is 0 Å². The number of benzene rings is 1. The molecule has 1 aromatic carbocycles. The molecule has 0 radical (unpaired) electrons. The van der Waals surface area contributed by atoms with Crippen LogP contribution in [0.1, 0.15) is 27.9 Å². The molecule has 1 heterocycles. The highest BCUT2D eigenvalue weighted by molar-refractivity contribution is 14.0. The second-order valence-corrected chi connectivity index (χ2v) is 6.46. The van der Waals surface area contributed by atoms with Crippen molar-refractivity contribution in [3.63, 3.8) is 0 Å². The van der Waals surface area contributed by atoms with E-state index in [4.69, 9.17) is 5.11 Å². The quantitative estimate of drug-likeness (QED) is 0.325. The maximum Gasteiger partial charge on any atom is 0.191 e. The van der Waals surface area contributed by atoms with Gasteiger partial charge in [-0.15, -0.1) is 35.3 Å². The van der Waals surface area contributed by atoms with E-state index in [1.54, 1.807) is 30.5 Å². The first kappa shape index (κ1) is 21.8. The van der Waals surface area contributed by atoms with Crippen LogP contribution in [-0.2, 0) is 26.0 Å². The molecular formula is C17H24FIN4OS. The smallest absolute Gasteiger partial charge is 0.191 e. The van der Waals surface area contributed by atoms with Crippen LogP contribution in [0.3, 0.4) is 0 Å². The Morgan fingerprint density at radius 3 is 2.80 bits per heavy atom. The lowest BCUT2D eigenvalue weighted by Crippen LogP contribution is -2.37. The van der Waals surface area contributed by atoms with E-state index in [1.165, 1.54) is 10.9 Å². The molecule has 0 amide bonds. The number of aliphatic hydroxyl groups is 1. The normalized spacial score (nSPS) is 11.1. The number of hydrogen-bond acceptors (Lipinski definition) is 4. The van der Waals surface area contributed by atoms with Crippen LogP contribution in [-0.4, -0.2) is 29.6 Å². The summed E-state index contributed by atoms with van der Waals surface area (Å²) in [5.41, 5.74) is 1.18. The van der Waals surface area contributed by atoms with Crippen LogP contribution < -0.4 is 10.6 Å². The number of rotatable bonds is 7. The first-order chi connectivity index (χ1) is 11.7. The molecule has 0 saturated carbocycles. The molecule has 0 unspecified atom stereocenters. The van der Waals surface area contributed by atoms with Crippen LogP contribution in [0.5, 0.6) is 0 Å². The fourth-order valence-corrected chi connectivity index (χ4v) is 3.04. The van der Waals surface area contributed by atoms with Crippen molar-refractivity contribution in [1.29, 1.82) is 0 Å². The molecule has 8 heteroatoms. The molecule has 0 saturated heterocycles. The summed E-state index contributed by atoms with van der Waals surface area (Å²) in [4.78, 5) is 9.85. The van der Waals surface area contributed by atoms with E-state index in [2.05, 4.69) is 27.5 Å². The van der Waals surface area contributed by atoms with Gasteiger partial charge in [0.2, 0.25) is 0 Å². The molecule has 5 nitrogen and oxygen atoms in total. The van der Waals surface area contributed by atoms with Crippen molar-refractivity contribution < 1.29 is 9.50 Å². The minimum absolute atomic E-state index is 0. The Morgan fingerprint density at radius 2 is 2.16 bits per heavy atom. The molecule has 2 rings (SSSR count). The third-order valence-electron chi connectivity index (χ3n) is 3.55. The van der Waals surface area contributed by atoms with Gasteiger partial charge in [-0.2, -0.15) is 0 Å². The maximum atomic E-state index is 13.4. The largest absolute Gasteiger partial charge is 0.392 e. The van der Waals surface area contributed by atoms with Crippen molar-refractivity contribution in [1.82, 2.24) is 15.6 Å². The zero-order valence-electron chi connectivity index (χ0n) is 14.4. The van der Waals surface area contributed by atoms with E-state index in [1.807, 2.05) is 6.20 Å². The van der Waals surface area contributed by atoms with E-state index >= 15 is 0 Å². The molecule has 0 aliphatic heterocycles. The fourth-order valence-electron chi connectivity index (χ4n) is 2.18. The number of nitrogens with one attached hydrogen (secondary N) is 2. The van der Waals surface area contributed by atoms with E-state index in [0.29, 0.717) is 18.1 Å². The first-order valence-corrected chi connectivity index (χ1v) is 8.74. The van der Waals surface area contributed by atoms with Gasteiger partial charge in [0.1, 0.15) is 5.82 Å². The number of nitrogens with zero attached hydrogens (tertiary/aromatic N) is 2. The predicted octanol–water partition coefficient (Wildman–Crippen LogP) is 2.86. The van der Waals surface area contributed by atoms with Crippen molar-refractivity contribution in [3.8, 4) is 0 Å². The van der Waals surface area contributed by atoms with Gasteiger partial charge < -0.3 is 15.7 Å². The zero-order chi connectivity index (χ0) is 17.4. The summed E-state index contributed by atoms with van der Waals surface area (Å²) in [5.74, 6) is 0.288. The minimum Gasteiger partial charge on any atom is -0.392 e. The molecule has 0 fully saturated rings. The third-order valence-corrected chi connectivity index (χ3v) is 4.75. The molecule has 0 bridgehead atoms. The maximum absolute atomic E-state index is 13.4. The van der Waals surface area contributed by atoms with Gasteiger partial charge in [-0.3, -0.25) is 4.99 Å². The second-order valence-electron chi connectivity index (χ2n) is 5.26.